The molecule has 0 saturated heterocycles. The number of hydrogen-bond donors (Lipinski definition) is 0. The van der Waals surface area contributed by atoms with Crippen molar-refractivity contribution in [3.8, 4) is 11.3 Å². The van der Waals surface area contributed by atoms with Crippen LogP contribution in [0.5, 0.6) is 0 Å². The average Bonchev–Trinajstić information content (AvgIpc) is 2.93. The van der Waals surface area contributed by atoms with Crippen molar-refractivity contribution in [3.63, 3.8) is 0 Å². The number of nitrogens with zero attached hydrogens (tertiary/aromatic N) is 2. The van der Waals surface area contributed by atoms with E-state index in [9.17, 15) is 4.79 Å². The molecule has 0 spiro atoms. The quantitative estimate of drug-likeness (QED) is 0.734. The minimum Gasteiger partial charge on any atom is -0.309 e. The van der Waals surface area contributed by atoms with Crippen LogP contribution in [0.1, 0.15) is 21.7 Å². The van der Waals surface area contributed by atoms with Crippen LogP contribution < -0.4 is 5.56 Å². The molecule has 112 valence electrons. The normalized spacial score (nSPS) is 10.9. The Labute approximate surface area is 133 Å². The first-order valence-electron chi connectivity index (χ1n) is 7.22. The summed E-state index contributed by atoms with van der Waals surface area (Å²) in [5.74, 6) is 0. The third-order valence-electron chi connectivity index (χ3n) is 3.68. The first kappa shape index (κ1) is 14.7. The maximum Gasteiger partial charge on any atom is 0.251 e. The number of pyridine rings is 1. The molecule has 2 heterocycles. The highest BCUT2D eigenvalue weighted by atomic mass is 32.1. The van der Waals surface area contributed by atoms with Crippen molar-refractivity contribution in [1.82, 2.24) is 9.55 Å². The summed E-state index contributed by atoms with van der Waals surface area (Å²) >= 11 is 1.60. The highest BCUT2D eigenvalue weighted by Gasteiger charge is 2.08. The van der Waals surface area contributed by atoms with Crippen LogP contribution in [-0.4, -0.2) is 9.55 Å². The van der Waals surface area contributed by atoms with Gasteiger partial charge in [-0.3, -0.25) is 4.79 Å². The zero-order valence-corrected chi connectivity index (χ0v) is 13.8. The summed E-state index contributed by atoms with van der Waals surface area (Å²) in [5.41, 5.74) is 5.60. The van der Waals surface area contributed by atoms with Gasteiger partial charge in [-0.1, -0.05) is 17.7 Å². The van der Waals surface area contributed by atoms with Crippen LogP contribution in [0.15, 0.2) is 46.7 Å². The van der Waals surface area contributed by atoms with Crippen molar-refractivity contribution in [3.05, 3.63) is 74.0 Å². The van der Waals surface area contributed by atoms with E-state index in [0.29, 0.717) is 6.54 Å². The van der Waals surface area contributed by atoms with Crippen LogP contribution in [-0.2, 0) is 6.54 Å². The van der Waals surface area contributed by atoms with E-state index in [4.69, 9.17) is 4.98 Å². The lowest BCUT2D eigenvalue weighted by molar-refractivity contribution is 0.752. The van der Waals surface area contributed by atoms with Crippen LogP contribution >= 0.6 is 11.3 Å². The van der Waals surface area contributed by atoms with Crippen molar-refractivity contribution >= 4 is 11.3 Å². The van der Waals surface area contributed by atoms with E-state index in [1.807, 2.05) is 19.2 Å². The molecule has 0 amide bonds. The Morgan fingerprint density at radius 1 is 1.09 bits per heavy atom. The SMILES string of the molecule is Cc1ccc(C)c(-c2csc(Cn3ccc(C)cc3=O)n2)c1. The van der Waals surface area contributed by atoms with Gasteiger partial charge in [-0.05, 0) is 44.0 Å². The molecule has 0 bridgehead atoms. The first-order chi connectivity index (χ1) is 10.5. The summed E-state index contributed by atoms with van der Waals surface area (Å²) in [7, 11) is 0. The Kier molecular flexibility index (Phi) is 3.94. The lowest BCUT2D eigenvalue weighted by Gasteiger charge is -2.04. The number of rotatable bonds is 3. The van der Waals surface area contributed by atoms with E-state index < -0.39 is 0 Å². The highest BCUT2D eigenvalue weighted by Crippen LogP contribution is 2.26. The standard InChI is InChI=1S/C18H18N2OS/c1-12-4-5-14(3)15(8-12)16-11-22-17(19-16)10-20-7-6-13(2)9-18(20)21/h4-9,11H,10H2,1-3H3. The van der Waals surface area contributed by atoms with E-state index in [0.717, 1.165) is 16.3 Å². The number of aryl methyl sites for hydroxylation is 3. The van der Waals surface area contributed by atoms with Crippen molar-refractivity contribution in [1.29, 1.82) is 0 Å². The van der Waals surface area contributed by atoms with Crippen LogP contribution in [0.25, 0.3) is 11.3 Å². The second kappa shape index (κ2) is 5.89. The van der Waals surface area contributed by atoms with Crippen molar-refractivity contribution in [2.24, 2.45) is 0 Å². The Morgan fingerprint density at radius 2 is 1.86 bits per heavy atom. The Morgan fingerprint density at radius 3 is 2.64 bits per heavy atom. The maximum atomic E-state index is 12.0. The van der Waals surface area contributed by atoms with Gasteiger partial charge in [-0.15, -0.1) is 11.3 Å². The van der Waals surface area contributed by atoms with E-state index in [1.165, 1.54) is 16.7 Å². The van der Waals surface area contributed by atoms with Gasteiger partial charge in [0.25, 0.3) is 5.56 Å². The number of benzene rings is 1. The molecular weight excluding hydrogens is 292 g/mol. The zero-order chi connectivity index (χ0) is 15.7. The minimum absolute atomic E-state index is 0.0171. The third kappa shape index (κ3) is 3.02. The molecule has 0 fully saturated rings. The maximum absolute atomic E-state index is 12.0. The molecule has 0 aliphatic carbocycles. The molecule has 0 atom stereocenters. The molecule has 1 aromatic carbocycles. The molecule has 2 aromatic heterocycles. The van der Waals surface area contributed by atoms with E-state index in [-0.39, 0.29) is 5.56 Å². The molecule has 0 aliphatic heterocycles. The summed E-state index contributed by atoms with van der Waals surface area (Å²) in [6, 6.07) is 9.98. The van der Waals surface area contributed by atoms with Gasteiger partial charge in [0.15, 0.2) is 0 Å². The topological polar surface area (TPSA) is 34.9 Å². The minimum atomic E-state index is 0.0171. The summed E-state index contributed by atoms with van der Waals surface area (Å²) < 4.78 is 1.69. The number of aromatic nitrogens is 2. The first-order valence-corrected chi connectivity index (χ1v) is 8.10. The zero-order valence-electron chi connectivity index (χ0n) is 13.0. The lowest BCUT2D eigenvalue weighted by atomic mass is 10.0. The van der Waals surface area contributed by atoms with Crippen molar-refractivity contribution in [2.75, 3.05) is 0 Å². The summed E-state index contributed by atoms with van der Waals surface area (Å²) in [5, 5.41) is 3.01. The summed E-state index contributed by atoms with van der Waals surface area (Å²) in [6.45, 7) is 6.63. The number of thiazole rings is 1. The largest absolute Gasteiger partial charge is 0.309 e. The van der Waals surface area contributed by atoms with E-state index in [1.54, 1.807) is 22.0 Å². The fourth-order valence-electron chi connectivity index (χ4n) is 2.40. The van der Waals surface area contributed by atoms with Crippen LogP contribution in [0.2, 0.25) is 0 Å². The van der Waals surface area contributed by atoms with Gasteiger partial charge in [-0.25, -0.2) is 4.98 Å². The third-order valence-corrected chi connectivity index (χ3v) is 4.51. The molecule has 0 unspecified atom stereocenters. The van der Waals surface area contributed by atoms with Crippen LogP contribution in [0.3, 0.4) is 0 Å². The smallest absolute Gasteiger partial charge is 0.251 e. The monoisotopic (exact) mass is 310 g/mol. The Bertz CT molecular complexity index is 877. The molecule has 0 N–H and O–H groups in total. The molecule has 4 heteroatoms. The van der Waals surface area contributed by atoms with Gasteiger partial charge in [0, 0.05) is 23.2 Å². The van der Waals surface area contributed by atoms with Gasteiger partial charge in [0.05, 0.1) is 12.2 Å². The van der Waals surface area contributed by atoms with Gasteiger partial charge in [-0.2, -0.15) is 0 Å². The fraction of sp³-hybridized carbons (Fsp3) is 0.222. The molecular formula is C18H18N2OS. The molecule has 3 aromatic rings. The number of hydrogen-bond acceptors (Lipinski definition) is 3. The molecule has 22 heavy (non-hydrogen) atoms. The van der Waals surface area contributed by atoms with E-state index >= 15 is 0 Å². The molecule has 3 nitrogen and oxygen atoms in total. The predicted octanol–water partition coefficient (Wildman–Crippen LogP) is 3.95. The second-order valence-electron chi connectivity index (χ2n) is 5.62. The van der Waals surface area contributed by atoms with Gasteiger partial charge in [0.2, 0.25) is 0 Å². The highest BCUT2D eigenvalue weighted by molar-refractivity contribution is 7.09. The molecule has 3 rings (SSSR count). The average molecular weight is 310 g/mol. The van der Waals surface area contributed by atoms with Crippen LogP contribution in [0.4, 0.5) is 0 Å². The molecule has 0 aliphatic rings. The summed E-state index contributed by atoms with van der Waals surface area (Å²) in [6.07, 6.45) is 1.83. The lowest BCUT2D eigenvalue weighted by Crippen LogP contribution is -2.19. The Hall–Kier alpha value is -2.20. The van der Waals surface area contributed by atoms with Gasteiger partial charge in [0.1, 0.15) is 5.01 Å². The van der Waals surface area contributed by atoms with Gasteiger partial charge >= 0.3 is 0 Å². The van der Waals surface area contributed by atoms with Gasteiger partial charge < -0.3 is 4.57 Å². The van der Waals surface area contributed by atoms with Crippen molar-refractivity contribution < 1.29 is 0 Å². The van der Waals surface area contributed by atoms with Crippen molar-refractivity contribution in [2.45, 2.75) is 27.3 Å². The second-order valence-corrected chi connectivity index (χ2v) is 6.56. The molecule has 0 saturated carbocycles. The predicted molar refractivity (Wildman–Crippen MR) is 91.6 cm³/mol. The van der Waals surface area contributed by atoms with Crippen LogP contribution in [0, 0.1) is 20.8 Å². The molecule has 0 radical (unpaired) electrons. The summed E-state index contributed by atoms with van der Waals surface area (Å²) in [4.78, 5) is 16.7. The van der Waals surface area contributed by atoms with E-state index in [2.05, 4.69) is 37.4 Å². The fourth-order valence-corrected chi connectivity index (χ4v) is 3.19. The Balaban J connectivity index is 1.91.